The van der Waals surface area contributed by atoms with E-state index in [9.17, 15) is 4.79 Å². The Morgan fingerprint density at radius 2 is 2.25 bits per heavy atom. The summed E-state index contributed by atoms with van der Waals surface area (Å²) in [6.07, 6.45) is 1.84. The highest BCUT2D eigenvalue weighted by Crippen LogP contribution is 2.29. The molecule has 2 heterocycles. The standard InChI is InChI=1S/C18H19ClN2O2S/c1-21(2)16(12-5-6-24-11-12)9-20-18(22)14-7-13-8-15(19)3-4-17(13)23-10-14/h3-8,11,16H,9-10H2,1-2H3,(H,20,22). The summed E-state index contributed by atoms with van der Waals surface area (Å²) in [5.74, 6) is 0.642. The fourth-order valence-electron chi connectivity index (χ4n) is 2.65. The van der Waals surface area contributed by atoms with Gasteiger partial charge in [-0.25, -0.2) is 0 Å². The molecule has 1 aromatic heterocycles. The van der Waals surface area contributed by atoms with Gasteiger partial charge >= 0.3 is 0 Å². The van der Waals surface area contributed by atoms with Gasteiger partial charge in [0.2, 0.25) is 0 Å². The van der Waals surface area contributed by atoms with Crippen molar-refractivity contribution >= 4 is 34.9 Å². The molecule has 126 valence electrons. The van der Waals surface area contributed by atoms with Gasteiger partial charge < -0.3 is 15.0 Å². The molecule has 0 spiro atoms. The molecule has 0 fully saturated rings. The molecular weight excluding hydrogens is 344 g/mol. The molecule has 1 aromatic carbocycles. The number of hydrogen-bond acceptors (Lipinski definition) is 4. The van der Waals surface area contributed by atoms with Crippen LogP contribution in [0, 0.1) is 0 Å². The van der Waals surface area contributed by atoms with Crippen molar-refractivity contribution < 1.29 is 9.53 Å². The first kappa shape index (κ1) is 17.0. The van der Waals surface area contributed by atoms with Crippen molar-refractivity contribution in [3.8, 4) is 5.75 Å². The van der Waals surface area contributed by atoms with Gasteiger partial charge in [-0.15, -0.1) is 0 Å². The van der Waals surface area contributed by atoms with Gasteiger partial charge in [-0.1, -0.05) is 11.6 Å². The molecule has 1 aliphatic rings. The summed E-state index contributed by atoms with van der Waals surface area (Å²) >= 11 is 7.67. The summed E-state index contributed by atoms with van der Waals surface area (Å²) in [5, 5.41) is 7.79. The van der Waals surface area contributed by atoms with Gasteiger partial charge in [0.05, 0.1) is 11.6 Å². The molecular formula is C18H19ClN2O2S. The monoisotopic (exact) mass is 362 g/mol. The van der Waals surface area contributed by atoms with Crippen LogP contribution in [0.15, 0.2) is 40.6 Å². The summed E-state index contributed by atoms with van der Waals surface area (Å²) in [6.45, 7) is 0.813. The van der Waals surface area contributed by atoms with E-state index in [1.165, 1.54) is 5.56 Å². The third-order valence-electron chi connectivity index (χ3n) is 3.98. The lowest BCUT2D eigenvalue weighted by molar-refractivity contribution is -0.118. The Morgan fingerprint density at radius 3 is 2.96 bits per heavy atom. The highest BCUT2D eigenvalue weighted by atomic mass is 35.5. The van der Waals surface area contributed by atoms with Crippen LogP contribution < -0.4 is 10.1 Å². The smallest absolute Gasteiger partial charge is 0.250 e. The van der Waals surface area contributed by atoms with Crippen molar-refractivity contribution in [2.75, 3.05) is 27.2 Å². The number of hydrogen-bond donors (Lipinski definition) is 1. The number of carbonyl (C=O) groups is 1. The van der Waals surface area contributed by atoms with E-state index in [0.717, 1.165) is 11.3 Å². The molecule has 0 saturated carbocycles. The second-order valence-electron chi connectivity index (χ2n) is 5.89. The van der Waals surface area contributed by atoms with Gasteiger partial charge in [-0.3, -0.25) is 4.79 Å². The maximum atomic E-state index is 12.5. The fourth-order valence-corrected chi connectivity index (χ4v) is 3.53. The Kier molecular flexibility index (Phi) is 5.23. The lowest BCUT2D eigenvalue weighted by Crippen LogP contribution is -2.36. The van der Waals surface area contributed by atoms with E-state index in [1.807, 2.05) is 31.6 Å². The zero-order valence-electron chi connectivity index (χ0n) is 13.6. The second kappa shape index (κ2) is 7.38. The van der Waals surface area contributed by atoms with Gasteiger partial charge in [-0.05, 0) is 60.8 Å². The van der Waals surface area contributed by atoms with E-state index in [2.05, 4.69) is 21.7 Å². The molecule has 4 nitrogen and oxygen atoms in total. The minimum atomic E-state index is -0.109. The molecule has 0 radical (unpaired) electrons. The van der Waals surface area contributed by atoms with Crippen LogP contribution in [0.2, 0.25) is 5.02 Å². The zero-order valence-corrected chi connectivity index (χ0v) is 15.2. The van der Waals surface area contributed by atoms with Gasteiger partial charge in [0, 0.05) is 17.1 Å². The Morgan fingerprint density at radius 1 is 1.42 bits per heavy atom. The van der Waals surface area contributed by atoms with E-state index in [-0.39, 0.29) is 18.6 Å². The Balaban J connectivity index is 1.69. The van der Waals surface area contributed by atoms with Gasteiger partial charge in [0.1, 0.15) is 12.4 Å². The van der Waals surface area contributed by atoms with Crippen LogP contribution in [0.4, 0.5) is 0 Å². The normalized spacial score (nSPS) is 14.6. The van der Waals surface area contributed by atoms with Crippen LogP contribution in [0.1, 0.15) is 17.2 Å². The minimum absolute atomic E-state index is 0.109. The van der Waals surface area contributed by atoms with E-state index < -0.39 is 0 Å². The number of fused-ring (bicyclic) bond motifs is 1. The van der Waals surface area contributed by atoms with E-state index >= 15 is 0 Å². The van der Waals surface area contributed by atoms with Crippen LogP contribution in [0.5, 0.6) is 5.75 Å². The summed E-state index contributed by atoms with van der Waals surface area (Å²) in [5.41, 5.74) is 2.64. The maximum Gasteiger partial charge on any atom is 0.250 e. The highest BCUT2D eigenvalue weighted by Gasteiger charge is 2.20. The van der Waals surface area contributed by atoms with Crippen LogP contribution >= 0.6 is 22.9 Å². The molecule has 0 saturated heterocycles. The minimum Gasteiger partial charge on any atom is -0.488 e. The lowest BCUT2D eigenvalue weighted by Gasteiger charge is -2.25. The molecule has 1 atom stereocenters. The number of nitrogens with one attached hydrogen (secondary N) is 1. The van der Waals surface area contributed by atoms with Gasteiger partial charge in [0.25, 0.3) is 5.91 Å². The molecule has 2 aromatic rings. The molecule has 24 heavy (non-hydrogen) atoms. The lowest BCUT2D eigenvalue weighted by atomic mass is 10.1. The van der Waals surface area contributed by atoms with Gasteiger partial charge in [0.15, 0.2) is 0 Å². The molecule has 3 rings (SSSR count). The van der Waals surface area contributed by atoms with Crippen molar-refractivity contribution in [1.29, 1.82) is 0 Å². The molecule has 1 amide bonds. The second-order valence-corrected chi connectivity index (χ2v) is 7.10. The number of carbonyl (C=O) groups excluding carboxylic acids is 1. The van der Waals surface area contributed by atoms with Gasteiger partial charge in [-0.2, -0.15) is 11.3 Å². The zero-order chi connectivity index (χ0) is 17.1. The summed E-state index contributed by atoms with van der Waals surface area (Å²) in [4.78, 5) is 14.6. The number of halogens is 1. The summed E-state index contributed by atoms with van der Waals surface area (Å²) in [7, 11) is 4.02. The molecule has 1 unspecified atom stereocenters. The fraction of sp³-hybridized carbons (Fsp3) is 0.278. The SMILES string of the molecule is CN(C)C(CNC(=O)C1=Cc2cc(Cl)ccc2OC1)c1ccsc1. The van der Waals surface area contributed by atoms with Crippen LogP contribution in [0.25, 0.3) is 6.08 Å². The van der Waals surface area contributed by atoms with Crippen molar-refractivity contribution in [1.82, 2.24) is 10.2 Å². The number of ether oxygens (including phenoxy) is 1. The third-order valence-corrected chi connectivity index (χ3v) is 4.92. The first-order chi connectivity index (χ1) is 11.5. The number of benzene rings is 1. The number of amides is 1. The van der Waals surface area contributed by atoms with E-state index in [1.54, 1.807) is 23.5 Å². The Labute approximate surface area is 150 Å². The molecule has 1 aliphatic heterocycles. The highest BCUT2D eigenvalue weighted by molar-refractivity contribution is 7.07. The summed E-state index contributed by atoms with van der Waals surface area (Å²) in [6, 6.07) is 7.63. The van der Waals surface area contributed by atoms with Crippen LogP contribution in [-0.4, -0.2) is 38.1 Å². The van der Waals surface area contributed by atoms with E-state index in [0.29, 0.717) is 17.1 Å². The molecule has 6 heteroatoms. The molecule has 0 bridgehead atoms. The molecule has 0 aliphatic carbocycles. The van der Waals surface area contributed by atoms with Crippen molar-refractivity contribution in [2.45, 2.75) is 6.04 Å². The number of rotatable bonds is 5. The van der Waals surface area contributed by atoms with E-state index in [4.69, 9.17) is 16.3 Å². The summed E-state index contributed by atoms with van der Waals surface area (Å²) < 4.78 is 5.64. The largest absolute Gasteiger partial charge is 0.488 e. The predicted molar refractivity (Wildman–Crippen MR) is 98.7 cm³/mol. The Bertz CT molecular complexity index is 756. The first-order valence-corrected chi connectivity index (χ1v) is 8.96. The van der Waals surface area contributed by atoms with Crippen molar-refractivity contribution in [3.05, 3.63) is 56.7 Å². The average Bonchev–Trinajstić information content (AvgIpc) is 3.08. The van der Waals surface area contributed by atoms with Crippen molar-refractivity contribution in [3.63, 3.8) is 0 Å². The number of nitrogens with zero attached hydrogens (tertiary/aromatic N) is 1. The number of likely N-dealkylation sites (N-methyl/N-ethyl adjacent to an activating group) is 1. The number of thiophene rings is 1. The van der Waals surface area contributed by atoms with Crippen LogP contribution in [0.3, 0.4) is 0 Å². The Hall–Kier alpha value is -1.82. The van der Waals surface area contributed by atoms with Crippen molar-refractivity contribution in [2.24, 2.45) is 0 Å². The third kappa shape index (κ3) is 3.80. The predicted octanol–water partition coefficient (Wildman–Crippen LogP) is 3.60. The molecule has 1 N–H and O–H groups in total. The first-order valence-electron chi connectivity index (χ1n) is 7.64. The average molecular weight is 363 g/mol. The topological polar surface area (TPSA) is 41.6 Å². The maximum absolute atomic E-state index is 12.5. The quantitative estimate of drug-likeness (QED) is 0.883. The van der Waals surface area contributed by atoms with Crippen LogP contribution in [-0.2, 0) is 4.79 Å².